The average molecular weight is 297 g/mol. The van der Waals surface area contributed by atoms with Crippen molar-refractivity contribution in [2.24, 2.45) is 0 Å². The molecule has 2 rings (SSSR count). The fourth-order valence-electron chi connectivity index (χ4n) is 1.98. The Balaban J connectivity index is 2.08. The van der Waals surface area contributed by atoms with Gasteiger partial charge in [-0.3, -0.25) is 9.59 Å². The predicted octanol–water partition coefficient (Wildman–Crippen LogP) is 4.07. The predicted molar refractivity (Wildman–Crippen MR) is 85.1 cm³/mol. The summed E-state index contributed by atoms with van der Waals surface area (Å²) in [5.41, 5.74) is 2.50. The minimum atomic E-state index is -0.342. The molecule has 2 aromatic carbocycles. The first kappa shape index (κ1) is 15.6. The number of carbonyl (C=O) groups is 2. The van der Waals surface area contributed by atoms with Crippen LogP contribution in [0.4, 0.5) is 10.1 Å². The minimum absolute atomic E-state index is 0.0280. The summed E-state index contributed by atoms with van der Waals surface area (Å²) in [5, 5.41) is 2.70. The van der Waals surface area contributed by atoms with Crippen LogP contribution in [0.2, 0.25) is 0 Å². The first-order valence-electron chi connectivity index (χ1n) is 6.82. The highest BCUT2D eigenvalue weighted by Crippen LogP contribution is 2.15. The lowest BCUT2D eigenvalue weighted by molar-refractivity contribution is -0.111. The number of benzene rings is 2. The van der Waals surface area contributed by atoms with Crippen molar-refractivity contribution in [3.05, 3.63) is 71.6 Å². The number of hydrogen-bond donors (Lipinski definition) is 1. The van der Waals surface area contributed by atoms with E-state index < -0.39 is 0 Å². The van der Waals surface area contributed by atoms with Gasteiger partial charge < -0.3 is 5.32 Å². The molecule has 0 atom stereocenters. The first-order valence-corrected chi connectivity index (χ1v) is 6.82. The minimum Gasteiger partial charge on any atom is -0.323 e. The summed E-state index contributed by atoms with van der Waals surface area (Å²) < 4.78 is 13.2. The lowest BCUT2D eigenvalue weighted by atomic mass is 10.1. The molecule has 2 aromatic rings. The van der Waals surface area contributed by atoms with Gasteiger partial charge in [-0.1, -0.05) is 12.1 Å². The third-order valence-corrected chi connectivity index (χ3v) is 3.19. The Labute approximate surface area is 128 Å². The van der Waals surface area contributed by atoms with Crippen LogP contribution in [-0.4, -0.2) is 11.7 Å². The van der Waals surface area contributed by atoms with E-state index in [-0.39, 0.29) is 17.5 Å². The van der Waals surface area contributed by atoms with E-state index in [4.69, 9.17) is 0 Å². The highest BCUT2D eigenvalue weighted by Gasteiger charge is 2.04. The van der Waals surface area contributed by atoms with Crippen LogP contribution in [0, 0.1) is 5.82 Å². The molecule has 0 aromatic heterocycles. The topological polar surface area (TPSA) is 46.2 Å². The van der Waals surface area contributed by atoms with Crippen LogP contribution in [0.25, 0.3) is 5.57 Å². The fourth-order valence-corrected chi connectivity index (χ4v) is 1.98. The second-order valence-electron chi connectivity index (χ2n) is 4.96. The summed E-state index contributed by atoms with van der Waals surface area (Å²) in [4.78, 5) is 23.1. The van der Waals surface area contributed by atoms with Gasteiger partial charge in [-0.25, -0.2) is 4.39 Å². The number of Topliss-reactive ketones (excluding diaryl/α,β-unsaturated/α-hetero) is 1. The van der Waals surface area contributed by atoms with Gasteiger partial charge >= 0.3 is 0 Å². The zero-order chi connectivity index (χ0) is 16.1. The van der Waals surface area contributed by atoms with Crippen molar-refractivity contribution in [2.45, 2.75) is 13.8 Å². The van der Waals surface area contributed by atoms with Crippen LogP contribution in [-0.2, 0) is 4.79 Å². The molecule has 0 aliphatic carbocycles. The third-order valence-electron chi connectivity index (χ3n) is 3.19. The monoisotopic (exact) mass is 297 g/mol. The third kappa shape index (κ3) is 4.12. The molecule has 1 N–H and O–H groups in total. The van der Waals surface area contributed by atoms with E-state index >= 15 is 0 Å². The van der Waals surface area contributed by atoms with E-state index in [1.165, 1.54) is 25.1 Å². The van der Waals surface area contributed by atoms with Gasteiger partial charge in [0, 0.05) is 17.3 Å². The molecule has 0 saturated carbocycles. The summed E-state index contributed by atoms with van der Waals surface area (Å²) in [6, 6.07) is 12.7. The second kappa shape index (κ2) is 6.80. The maximum Gasteiger partial charge on any atom is 0.248 e. The zero-order valence-corrected chi connectivity index (χ0v) is 12.4. The Morgan fingerprint density at radius 1 is 1.00 bits per heavy atom. The van der Waals surface area contributed by atoms with E-state index in [0.29, 0.717) is 22.4 Å². The molecule has 0 aliphatic heterocycles. The number of anilines is 1. The number of nitrogens with one attached hydrogen (secondary N) is 1. The fraction of sp³-hybridized carbons (Fsp3) is 0.111. The summed E-state index contributed by atoms with van der Waals surface area (Å²) in [5.74, 6) is -0.678. The Kier molecular flexibility index (Phi) is 4.84. The Morgan fingerprint density at radius 3 is 2.27 bits per heavy atom. The van der Waals surface area contributed by atoms with Gasteiger partial charge in [-0.2, -0.15) is 0 Å². The van der Waals surface area contributed by atoms with E-state index in [1.54, 1.807) is 43.3 Å². The molecule has 0 bridgehead atoms. The summed E-state index contributed by atoms with van der Waals surface area (Å²) in [6.07, 6.45) is 1.41. The number of ketones is 1. The number of rotatable bonds is 4. The van der Waals surface area contributed by atoms with Gasteiger partial charge in [0.25, 0.3) is 0 Å². The van der Waals surface area contributed by atoms with E-state index in [1.807, 2.05) is 0 Å². The summed E-state index contributed by atoms with van der Waals surface area (Å²) in [7, 11) is 0. The molecule has 0 saturated heterocycles. The molecule has 0 heterocycles. The lowest BCUT2D eigenvalue weighted by Gasteiger charge is -2.05. The summed E-state index contributed by atoms with van der Waals surface area (Å²) >= 11 is 0. The normalized spacial score (nSPS) is 11.1. The zero-order valence-electron chi connectivity index (χ0n) is 12.4. The van der Waals surface area contributed by atoms with Crippen LogP contribution in [0.5, 0.6) is 0 Å². The molecular formula is C18H16FNO2. The molecule has 0 spiro atoms. The van der Waals surface area contributed by atoms with E-state index in [2.05, 4.69) is 5.32 Å². The average Bonchev–Trinajstić information content (AvgIpc) is 2.47. The van der Waals surface area contributed by atoms with Crippen molar-refractivity contribution >= 4 is 23.0 Å². The lowest BCUT2D eigenvalue weighted by Crippen LogP contribution is -2.08. The van der Waals surface area contributed by atoms with Crippen molar-refractivity contribution in [3.63, 3.8) is 0 Å². The van der Waals surface area contributed by atoms with Crippen LogP contribution < -0.4 is 5.32 Å². The van der Waals surface area contributed by atoms with E-state index in [0.717, 1.165) is 0 Å². The molecule has 112 valence electrons. The maximum absolute atomic E-state index is 13.2. The highest BCUT2D eigenvalue weighted by molar-refractivity contribution is 6.04. The molecule has 22 heavy (non-hydrogen) atoms. The Morgan fingerprint density at radius 2 is 1.68 bits per heavy atom. The highest BCUT2D eigenvalue weighted by atomic mass is 19.1. The molecule has 4 heteroatoms. The number of amides is 1. The molecular weight excluding hydrogens is 281 g/mol. The maximum atomic E-state index is 13.2. The van der Waals surface area contributed by atoms with Gasteiger partial charge in [-0.15, -0.1) is 0 Å². The van der Waals surface area contributed by atoms with Crippen molar-refractivity contribution in [2.75, 3.05) is 5.32 Å². The second-order valence-corrected chi connectivity index (χ2v) is 4.96. The number of carbonyl (C=O) groups excluding carboxylic acids is 2. The standard InChI is InChI=1S/C18H16FNO2/c1-12(15-4-3-5-16(19)11-15)10-18(22)20-17-8-6-14(7-9-17)13(2)21/h3-11H,1-2H3,(H,20,22)/b12-10-. The van der Waals surface area contributed by atoms with Crippen molar-refractivity contribution in [1.82, 2.24) is 0 Å². The van der Waals surface area contributed by atoms with Crippen molar-refractivity contribution < 1.29 is 14.0 Å². The summed E-state index contributed by atoms with van der Waals surface area (Å²) in [6.45, 7) is 3.23. The molecule has 3 nitrogen and oxygen atoms in total. The number of halogens is 1. The SMILES string of the molecule is CC(=O)c1ccc(NC(=O)/C=C(/C)c2cccc(F)c2)cc1. The van der Waals surface area contributed by atoms with Crippen LogP contribution in [0.15, 0.2) is 54.6 Å². The quantitative estimate of drug-likeness (QED) is 0.683. The number of allylic oxidation sites excluding steroid dienone is 1. The van der Waals surface area contributed by atoms with E-state index in [9.17, 15) is 14.0 Å². The molecule has 0 radical (unpaired) electrons. The van der Waals surface area contributed by atoms with Crippen molar-refractivity contribution in [1.29, 1.82) is 0 Å². The Hall–Kier alpha value is -2.75. The molecule has 0 fully saturated rings. The Bertz CT molecular complexity index is 733. The van der Waals surface area contributed by atoms with Gasteiger partial charge in [0.15, 0.2) is 5.78 Å². The van der Waals surface area contributed by atoms with Crippen LogP contribution in [0.3, 0.4) is 0 Å². The van der Waals surface area contributed by atoms with Crippen LogP contribution in [0.1, 0.15) is 29.8 Å². The van der Waals surface area contributed by atoms with Gasteiger partial charge in [-0.05, 0) is 61.4 Å². The molecule has 1 amide bonds. The largest absolute Gasteiger partial charge is 0.323 e. The van der Waals surface area contributed by atoms with Crippen LogP contribution >= 0.6 is 0 Å². The molecule has 0 aliphatic rings. The first-order chi connectivity index (χ1) is 10.5. The van der Waals surface area contributed by atoms with Gasteiger partial charge in [0.2, 0.25) is 5.91 Å². The van der Waals surface area contributed by atoms with Gasteiger partial charge in [0.1, 0.15) is 5.82 Å². The number of hydrogen-bond acceptors (Lipinski definition) is 2. The smallest absolute Gasteiger partial charge is 0.248 e. The molecule has 0 unspecified atom stereocenters. The van der Waals surface area contributed by atoms with Gasteiger partial charge in [0.05, 0.1) is 0 Å². The van der Waals surface area contributed by atoms with Crippen molar-refractivity contribution in [3.8, 4) is 0 Å².